The number of pyridine rings is 1. The van der Waals surface area contributed by atoms with Gasteiger partial charge in [-0.1, -0.05) is 0 Å². The van der Waals surface area contributed by atoms with Gasteiger partial charge in [0.1, 0.15) is 11.5 Å². The lowest BCUT2D eigenvalue weighted by atomic mass is 10.3. The summed E-state index contributed by atoms with van der Waals surface area (Å²) in [6, 6.07) is 16.5. The summed E-state index contributed by atoms with van der Waals surface area (Å²) >= 11 is 0. The number of anilines is 3. The Morgan fingerprint density at radius 1 is 0.931 bits per heavy atom. The van der Waals surface area contributed by atoms with Gasteiger partial charge in [-0.25, -0.2) is 13.4 Å². The first-order chi connectivity index (χ1) is 14.0. The molecule has 1 heterocycles. The lowest BCUT2D eigenvalue weighted by Gasteiger charge is -2.14. The lowest BCUT2D eigenvalue weighted by molar-refractivity contribution is 0.0511. The summed E-state index contributed by atoms with van der Waals surface area (Å²) in [7, 11) is -0.723. The monoisotopic (exact) mass is 415 g/mol. The number of nitrogens with one attached hydrogen (secondary N) is 2. The van der Waals surface area contributed by atoms with E-state index < -0.39 is 10.0 Å². The van der Waals surface area contributed by atoms with Crippen LogP contribution in [0.5, 0.6) is 11.5 Å². The fraction of sp³-hybridized carbons (Fsp3) is 0.150. The number of benzene rings is 2. The molecule has 2 N–H and O–H groups in total. The van der Waals surface area contributed by atoms with Gasteiger partial charge in [-0.15, -0.1) is 0 Å². The molecule has 152 valence electrons. The molecule has 0 unspecified atom stereocenters. The van der Waals surface area contributed by atoms with Crippen molar-refractivity contribution in [3.05, 3.63) is 66.9 Å². The third kappa shape index (κ3) is 5.37. The Kier molecular flexibility index (Phi) is 6.53. The first kappa shape index (κ1) is 20.4. The summed E-state index contributed by atoms with van der Waals surface area (Å²) in [5.41, 5.74) is 1.04. The Morgan fingerprint density at radius 2 is 1.62 bits per heavy atom. The van der Waals surface area contributed by atoms with Crippen LogP contribution < -0.4 is 19.5 Å². The number of hydrogen-bond acceptors (Lipinski definition) is 7. The molecule has 3 rings (SSSR count). The fourth-order valence-electron chi connectivity index (χ4n) is 2.44. The van der Waals surface area contributed by atoms with Gasteiger partial charge in [-0.2, -0.15) is 0 Å². The Labute approximate surface area is 169 Å². The Hall–Kier alpha value is -3.30. The average molecular weight is 415 g/mol. The standard InChI is InChI=1S/C20H21N3O5S/c1-26-14-28-17-7-5-15(6-8-17)22-20-19(4-3-13-21-20)23-29(24,25)18-11-9-16(27-2)10-12-18/h3-13,23H,14H2,1-2H3,(H,21,22). The highest BCUT2D eigenvalue weighted by molar-refractivity contribution is 7.92. The van der Waals surface area contributed by atoms with Crippen LogP contribution in [0.3, 0.4) is 0 Å². The molecule has 0 aliphatic heterocycles. The van der Waals surface area contributed by atoms with Gasteiger partial charge in [0.05, 0.1) is 17.7 Å². The fourth-order valence-corrected chi connectivity index (χ4v) is 3.51. The zero-order valence-electron chi connectivity index (χ0n) is 16.0. The van der Waals surface area contributed by atoms with E-state index in [1.54, 1.807) is 61.8 Å². The van der Waals surface area contributed by atoms with Crippen molar-refractivity contribution < 1.29 is 22.6 Å². The zero-order valence-corrected chi connectivity index (χ0v) is 16.8. The van der Waals surface area contributed by atoms with Gasteiger partial charge in [0.25, 0.3) is 10.0 Å². The zero-order chi connectivity index (χ0) is 20.7. The topological polar surface area (TPSA) is 98.8 Å². The van der Waals surface area contributed by atoms with Gasteiger partial charge in [0, 0.05) is 19.0 Å². The second-order valence-electron chi connectivity index (χ2n) is 5.88. The van der Waals surface area contributed by atoms with Crippen LogP contribution in [0.2, 0.25) is 0 Å². The molecule has 0 saturated carbocycles. The number of methoxy groups -OCH3 is 2. The molecule has 1 aromatic heterocycles. The number of sulfonamides is 1. The van der Waals surface area contributed by atoms with Crippen molar-refractivity contribution in [2.45, 2.75) is 4.90 Å². The molecular weight excluding hydrogens is 394 g/mol. The molecule has 9 heteroatoms. The number of ether oxygens (including phenoxy) is 3. The Morgan fingerprint density at radius 3 is 2.28 bits per heavy atom. The van der Waals surface area contributed by atoms with Crippen molar-refractivity contribution in [2.24, 2.45) is 0 Å². The van der Waals surface area contributed by atoms with Gasteiger partial charge in [-0.3, -0.25) is 4.72 Å². The van der Waals surface area contributed by atoms with E-state index in [9.17, 15) is 8.42 Å². The third-order valence-corrected chi connectivity index (χ3v) is 5.26. The molecule has 0 fully saturated rings. The van der Waals surface area contributed by atoms with E-state index in [0.717, 1.165) is 5.69 Å². The minimum Gasteiger partial charge on any atom is -0.497 e. The molecule has 0 spiro atoms. The molecule has 8 nitrogen and oxygen atoms in total. The summed E-state index contributed by atoms with van der Waals surface area (Å²) in [5.74, 6) is 1.60. The number of rotatable bonds is 9. The molecule has 0 aliphatic carbocycles. The van der Waals surface area contributed by atoms with Gasteiger partial charge >= 0.3 is 0 Å². The molecule has 0 bridgehead atoms. The van der Waals surface area contributed by atoms with E-state index in [0.29, 0.717) is 23.0 Å². The summed E-state index contributed by atoms with van der Waals surface area (Å²) < 4.78 is 43.3. The molecule has 0 radical (unpaired) electrons. The minimum absolute atomic E-state index is 0.118. The second kappa shape index (κ2) is 9.26. The van der Waals surface area contributed by atoms with Crippen LogP contribution in [-0.4, -0.2) is 34.4 Å². The molecule has 0 amide bonds. The molecule has 0 aliphatic rings. The SMILES string of the molecule is COCOc1ccc(Nc2ncccc2NS(=O)(=O)c2ccc(OC)cc2)cc1. The van der Waals surface area contributed by atoms with Crippen LogP contribution in [0.1, 0.15) is 0 Å². The number of aromatic nitrogens is 1. The van der Waals surface area contributed by atoms with E-state index >= 15 is 0 Å². The highest BCUT2D eigenvalue weighted by Gasteiger charge is 2.17. The third-order valence-electron chi connectivity index (χ3n) is 3.88. The first-order valence-electron chi connectivity index (χ1n) is 8.62. The van der Waals surface area contributed by atoms with Crippen molar-refractivity contribution in [2.75, 3.05) is 31.1 Å². The Bertz CT molecular complexity index is 1040. The first-order valence-corrected chi connectivity index (χ1v) is 10.1. The lowest BCUT2D eigenvalue weighted by Crippen LogP contribution is -2.14. The predicted octanol–water partition coefficient (Wildman–Crippen LogP) is 3.62. The Balaban J connectivity index is 1.77. The van der Waals surface area contributed by atoms with Gasteiger partial charge in [-0.05, 0) is 60.7 Å². The molecular formula is C20H21N3O5S. The maximum absolute atomic E-state index is 12.7. The van der Waals surface area contributed by atoms with Crippen molar-refractivity contribution in [3.8, 4) is 11.5 Å². The second-order valence-corrected chi connectivity index (χ2v) is 7.56. The van der Waals surface area contributed by atoms with Gasteiger partial charge in [0.15, 0.2) is 12.6 Å². The van der Waals surface area contributed by atoms with Crippen LogP contribution in [0.25, 0.3) is 0 Å². The maximum Gasteiger partial charge on any atom is 0.262 e. The van der Waals surface area contributed by atoms with Crippen molar-refractivity contribution in [1.82, 2.24) is 4.98 Å². The predicted molar refractivity (Wildman–Crippen MR) is 110 cm³/mol. The molecule has 0 saturated heterocycles. The van der Waals surface area contributed by atoms with Crippen LogP contribution in [-0.2, 0) is 14.8 Å². The molecule has 3 aromatic rings. The number of hydrogen-bond donors (Lipinski definition) is 2. The molecule has 0 atom stereocenters. The quantitative estimate of drug-likeness (QED) is 0.515. The summed E-state index contributed by atoms with van der Waals surface area (Å²) in [6.45, 7) is 0.157. The number of nitrogens with zero attached hydrogens (tertiary/aromatic N) is 1. The van der Waals surface area contributed by atoms with Crippen LogP contribution >= 0.6 is 0 Å². The van der Waals surface area contributed by atoms with E-state index in [2.05, 4.69) is 15.0 Å². The van der Waals surface area contributed by atoms with Crippen LogP contribution in [0.15, 0.2) is 71.8 Å². The van der Waals surface area contributed by atoms with Gasteiger partial charge < -0.3 is 19.5 Å². The van der Waals surface area contributed by atoms with Crippen LogP contribution in [0.4, 0.5) is 17.2 Å². The largest absolute Gasteiger partial charge is 0.497 e. The summed E-state index contributed by atoms with van der Waals surface area (Å²) in [5, 5.41) is 3.10. The van der Waals surface area contributed by atoms with Crippen LogP contribution in [0, 0.1) is 0 Å². The maximum atomic E-state index is 12.7. The smallest absolute Gasteiger partial charge is 0.262 e. The van der Waals surface area contributed by atoms with E-state index in [4.69, 9.17) is 14.2 Å². The average Bonchev–Trinajstić information content (AvgIpc) is 2.74. The van der Waals surface area contributed by atoms with Crippen molar-refractivity contribution in [1.29, 1.82) is 0 Å². The van der Waals surface area contributed by atoms with E-state index in [-0.39, 0.29) is 11.7 Å². The van der Waals surface area contributed by atoms with Gasteiger partial charge in [0.2, 0.25) is 0 Å². The van der Waals surface area contributed by atoms with E-state index in [1.165, 1.54) is 19.2 Å². The summed E-state index contributed by atoms with van der Waals surface area (Å²) in [4.78, 5) is 4.36. The molecule has 29 heavy (non-hydrogen) atoms. The summed E-state index contributed by atoms with van der Waals surface area (Å²) in [6.07, 6.45) is 1.57. The highest BCUT2D eigenvalue weighted by atomic mass is 32.2. The van der Waals surface area contributed by atoms with Crippen molar-refractivity contribution in [3.63, 3.8) is 0 Å². The molecule has 2 aromatic carbocycles. The van der Waals surface area contributed by atoms with E-state index in [1.807, 2.05) is 0 Å². The highest BCUT2D eigenvalue weighted by Crippen LogP contribution is 2.27. The minimum atomic E-state index is -3.79. The van der Waals surface area contributed by atoms with Crippen molar-refractivity contribution >= 4 is 27.2 Å². The normalized spacial score (nSPS) is 11.0.